The zero-order chi connectivity index (χ0) is 12.1. The van der Waals surface area contributed by atoms with Crippen molar-refractivity contribution in [2.45, 2.75) is 51.5 Å². The molecular weight excluding hydrogens is 204 g/mol. The van der Waals surface area contributed by atoms with Gasteiger partial charge in [-0.3, -0.25) is 11.3 Å². The smallest absolute Gasteiger partial charge is 0.0701 e. The van der Waals surface area contributed by atoms with E-state index in [9.17, 15) is 0 Å². The minimum atomic E-state index is 0.276. The van der Waals surface area contributed by atoms with Crippen LogP contribution in [0.1, 0.15) is 45.4 Å². The first-order chi connectivity index (χ1) is 7.85. The molecule has 3 N–H and O–H groups in total. The summed E-state index contributed by atoms with van der Waals surface area (Å²) in [6, 6.07) is 0.276. The Morgan fingerprint density at radius 2 is 1.88 bits per heavy atom. The second-order valence-electron chi connectivity index (χ2n) is 4.13. The van der Waals surface area contributed by atoms with Crippen molar-refractivity contribution in [1.82, 2.24) is 5.43 Å². The molecule has 1 unspecified atom stereocenters. The van der Waals surface area contributed by atoms with Crippen LogP contribution in [0, 0.1) is 0 Å². The first-order valence-electron chi connectivity index (χ1n) is 6.38. The highest BCUT2D eigenvalue weighted by Gasteiger charge is 2.05. The van der Waals surface area contributed by atoms with Crippen LogP contribution < -0.4 is 11.3 Å². The zero-order valence-corrected chi connectivity index (χ0v) is 10.8. The van der Waals surface area contributed by atoms with Crippen LogP contribution in [0.3, 0.4) is 0 Å². The Labute approximate surface area is 99.8 Å². The standard InChI is InChI=1S/C12H28N2O2/c1-3-4-5-6-7-8-12(14-13)11-16-10-9-15-2/h12,14H,3-11,13H2,1-2H3. The highest BCUT2D eigenvalue weighted by Crippen LogP contribution is 2.07. The van der Waals surface area contributed by atoms with Crippen LogP contribution in [-0.4, -0.2) is 33.0 Å². The van der Waals surface area contributed by atoms with Gasteiger partial charge < -0.3 is 9.47 Å². The highest BCUT2D eigenvalue weighted by molar-refractivity contribution is 4.62. The third-order valence-corrected chi connectivity index (χ3v) is 2.64. The van der Waals surface area contributed by atoms with Crippen molar-refractivity contribution in [3.63, 3.8) is 0 Å². The number of nitrogens with two attached hydrogens (primary N) is 1. The number of hydrazine groups is 1. The molecule has 0 heterocycles. The third kappa shape index (κ3) is 10.4. The van der Waals surface area contributed by atoms with Gasteiger partial charge in [0.05, 0.1) is 19.8 Å². The fraction of sp³-hybridized carbons (Fsp3) is 1.00. The first-order valence-corrected chi connectivity index (χ1v) is 6.38. The first kappa shape index (κ1) is 15.8. The highest BCUT2D eigenvalue weighted by atomic mass is 16.5. The predicted molar refractivity (Wildman–Crippen MR) is 67.2 cm³/mol. The van der Waals surface area contributed by atoms with E-state index in [1.54, 1.807) is 7.11 Å². The predicted octanol–water partition coefficient (Wildman–Crippen LogP) is 1.84. The number of hydrogen-bond donors (Lipinski definition) is 2. The van der Waals surface area contributed by atoms with Crippen LogP contribution in [-0.2, 0) is 9.47 Å². The maximum atomic E-state index is 5.47. The zero-order valence-electron chi connectivity index (χ0n) is 10.8. The Balaban J connectivity index is 3.29. The Hall–Kier alpha value is -0.160. The van der Waals surface area contributed by atoms with Crippen LogP contribution in [0.25, 0.3) is 0 Å². The minimum Gasteiger partial charge on any atom is -0.382 e. The molecule has 0 saturated carbocycles. The average Bonchev–Trinajstić information content (AvgIpc) is 2.31. The molecule has 98 valence electrons. The van der Waals surface area contributed by atoms with Gasteiger partial charge in [-0.15, -0.1) is 0 Å². The molecule has 1 atom stereocenters. The van der Waals surface area contributed by atoms with Gasteiger partial charge in [0.25, 0.3) is 0 Å². The van der Waals surface area contributed by atoms with Crippen molar-refractivity contribution in [3.8, 4) is 0 Å². The minimum absolute atomic E-state index is 0.276. The Bertz CT molecular complexity index is 134. The Kier molecular flexibility index (Phi) is 12.8. The molecule has 0 fully saturated rings. The van der Waals surface area contributed by atoms with Crippen LogP contribution in [0.15, 0.2) is 0 Å². The molecule has 0 aliphatic carbocycles. The molecule has 0 radical (unpaired) electrons. The lowest BCUT2D eigenvalue weighted by Crippen LogP contribution is -2.38. The van der Waals surface area contributed by atoms with Gasteiger partial charge in [-0.25, -0.2) is 0 Å². The summed E-state index contributed by atoms with van der Waals surface area (Å²) in [6.45, 7) is 4.19. The number of rotatable bonds is 12. The molecular formula is C12H28N2O2. The monoisotopic (exact) mass is 232 g/mol. The largest absolute Gasteiger partial charge is 0.382 e. The second kappa shape index (κ2) is 12.9. The van der Waals surface area contributed by atoms with Gasteiger partial charge in [0.2, 0.25) is 0 Å². The summed E-state index contributed by atoms with van der Waals surface area (Å²) in [6.07, 6.45) is 7.57. The molecule has 0 aromatic carbocycles. The summed E-state index contributed by atoms with van der Waals surface area (Å²) >= 11 is 0. The summed E-state index contributed by atoms with van der Waals surface area (Å²) in [5.74, 6) is 5.47. The molecule has 0 aliphatic heterocycles. The van der Waals surface area contributed by atoms with Gasteiger partial charge in [-0.05, 0) is 6.42 Å². The summed E-state index contributed by atoms with van der Waals surface area (Å²) < 4.78 is 10.3. The van der Waals surface area contributed by atoms with Gasteiger partial charge in [0.1, 0.15) is 0 Å². The van der Waals surface area contributed by atoms with Crippen molar-refractivity contribution in [2.24, 2.45) is 5.84 Å². The topological polar surface area (TPSA) is 56.5 Å². The Morgan fingerprint density at radius 1 is 1.12 bits per heavy atom. The Morgan fingerprint density at radius 3 is 2.50 bits per heavy atom. The van der Waals surface area contributed by atoms with E-state index in [1.807, 2.05) is 0 Å². The second-order valence-corrected chi connectivity index (χ2v) is 4.13. The van der Waals surface area contributed by atoms with Crippen molar-refractivity contribution < 1.29 is 9.47 Å². The van der Waals surface area contributed by atoms with Crippen LogP contribution in [0.4, 0.5) is 0 Å². The maximum absolute atomic E-state index is 5.47. The summed E-state index contributed by atoms with van der Waals surface area (Å²) in [4.78, 5) is 0. The van der Waals surface area contributed by atoms with E-state index in [0.717, 1.165) is 6.42 Å². The number of methoxy groups -OCH3 is 1. The van der Waals surface area contributed by atoms with Crippen molar-refractivity contribution in [3.05, 3.63) is 0 Å². The molecule has 0 rings (SSSR count). The lowest BCUT2D eigenvalue weighted by molar-refractivity contribution is 0.0571. The van der Waals surface area contributed by atoms with Gasteiger partial charge >= 0.3 is 0 Å². The normalized spacial score (nSPS) is 12.9. The lowest BCUT2D eigenvalue weighted by Gasteiger charge is -2.15. The van der Waals surface area contributed by atoms with Crippen LogP contribution in [0.2, 0.25) is 0 Å². The van der Waals surface area contributed by atoms with Gasteiger partial charge in [0.15, 0.2) is 0 Å². The fourth-order valence-corrected chi connectivity index (χ4v) is 1.58. The number of hydrogen-bond acceptors (Lipinski definition) is 4. The summed E-state index contributed by atoms with van der Waals surface area (Å²) in [7, 11) is 1.68. The average molecular weight is 232 g/mol. The molecule has 0 amide bonds. The molecule has 0 aromatic heterocycles. The van der Waals surface area contributed by atoms with Crippen molar-refractivity contribution >= 4 is 0 Å². The van der Waals surface area contributed by atoms with Crippen LogP contribution in [0.5, 0.6) is 0 Å². The van der Waals surface area contributed by atoms with E-state index >= 15 is 0 Å². The van der Waals surface area contributed by atoms with E-state index in [1.165, 1.54) is 32.1 Å². The van der Waals surface area contributed by atoms with Gasteiger partial charge in [-0.2, -0.15) is 0 Å². The molecule has 0 aliphatic rings. The number of nitrogens with one attached hydrogen (secondary N) is 1. The lowest BCUT2D eigenvalue weighted by atomic mass is 10.1. The molecule has 16 heavy (non-hydrogen) atoms. The van der Waals surface area contributed by atoms with E-state index in [4.69, 9.17) is 15.3 Å². The van der Waals surface area contributed by atoms with E-state index in [0.29, 0.717) is 19.8 Å². The molecule has 0 saturated heterocycles. The molecule has 4 heteroatoms. The van der Waals surface area contributed by atoms with Crippen LogP contribution >= 0.6 is 0 Å². The van der Waals surface area contributed by atoms with Gasteiger partial charge in [0, 0.05) is 13.2 Å². The SMILES string of the molecule is CCCCCCCC(COCCOC)NN. The molecule has 0 aromatic rings. The fourth-order valence-electron chi connectivity index (χ4n) is 1.58. The number of ether oxygens (including phenoxy) is 2. The maximum Gasteiger partial charge on any atom is 0.0701 e. The van der Waals surface area contributed by atoms with Crippen molar-refractivity contribution in [2.75, 3.05) is 26.9 Å². The third-order valence-electron chi connectivity index (χ3n) is 2.64. The van der Waals surface area contributed by atoms with E-state index < -0.39 is 0 Å². The molecule has 4 nitrogen and oxygen atoms in total. The molecule has 0 spiro atoms. The van der Waals surface area contributed by atoms with Crippen molar-refractivity contribution in [1.29, 1.82) is 0 Å². The van der Waals surface area contributed by atoms with E-state index in [2.05, 4.69) is 12.3 Å². The summed E-state index contributed by atoms with van der Waals surface area (Å²) in [5, 5.41) is 0. The number of unbranched alkanes of at least 4 members (excludes halogenated alkanes) is 4. The van der Waals surface area contributed by atoms with Gasteiger partial charge in [-0.1, -0.05) is 39.0 Å². The summed E-state index contributed by atoms with van der Waals surface area (Å²) in [5.41, 5.74) is 2.80. The quantitative estimate of drug-likeness (QED) is 0.306. The van der Waals surface area contributed by atoms with E-state index in [-0.39, 0.29) is 6.04 Å². The molecule has 0 bridgehead atoms.